The van der Waals surface area contributed by atoms with Gasteiger partial charge >= 0.3 is 0 Å². The third-order valence-corrected chi connectivity index (χ3v) is 6.73. The molecule has 1 amide bonds. The summed E-state index contributed by atoms with van der Waals surface area (Å²) in [5.41, 5.74) is 3.02. The van der Waals surface area contributed by atoms with Crippen molar-refractivity contribution in [2.75, 3.05) is 30.4 Å². The van der Waals surface area contributed by atoms with E-state index in [9.17, 15) is 13.2 Å². The molecule has 0 aromatic heterocycles. The first-order valence-electron chi connectivity index (χ1n) is 10.1. The molecule has 9 heteroatoms. The third kappa shape index (κ3) is 6.34. The van der Waals surface area contributed by atoms with Crippen molar-refractivity contribution < 1.29 is 22.7 Å². The number of aryl methyl sites for hydroxylation is 2. The summed E-state index contributed by atoms with van der Waals surface area (Å²) in [7, 11) is -2.21. The quantitative estimate of drug-likeness (QED) is 0.372. The number of anilines is 2. The molecule has 3 rings (SSSR count). The smallest absolute Gasteiger partial charge is 0.261 e. The topological polar surface area (TPSA) is 93.7 Å². The molecule has 3 aromatic rings. The van der Waals surface area contributed by atoms with Gasteiger partial charge in [-0.15, -0.1) is 0 Å². The normalized spacial score (nSPS) is 11.2. The van der Waals surface area contributed by atoms with Gasteiger partial charge in [0, 0.05) is 17.3 Å². The minimum atomic E-state index is -3.78. The summed E-state index contributed by atoms with van der Waals surface area (Å²) in [6.07, 6.45) is 0. The Morgan fingerprint density at radius 1 is 0.970 bits per heavy atom. The van der Waals surface area contributed by atoms with Crippen LogP contribution in [0.25, 0.3) is 0 Å². The maximum absolute atomic E-state index is 12.8. The predicted octanol–water partition coefficient (Wildman–Crippen LogP) is 5.14. The monoisotopic (exact) mass is 532 g/mol. The fourth-order valence-corrected chi connectivity index (χ4v) is 4.69. The fourth-order valence-electron chi connectivity index (χ4n) is 3.13. The molecule has 0 aliphatic rings. The molecule has 0 unspecified atom stereocenters. The van der Waals surface area contributed by atoms with Crippen molar-refractivity contribution in [3.63, 3.8) is 0 Å². The molecule has 3 aromatic carbocycles. The van der Waals surface area contributed by atoms with Gasteiger partial charge in [-0.3, -0.25) is 9.52 Å². The summed E-state index contributed by atoms with van der Waals surface area (Å²) in [4.78, 5) is 12.9. The molecule has 0 saturated heterocycles. The summed E-state index contributed by atoms with van der Waals surface area (Å²) in [6.45, 7) is 4.39. The van der Waals surface area contributed by atoms with Crippen LogP contribution in [-0.4, -0.2) is 34.6 Å². The SMILES string of the molecule is COCCOc1ccc(Br)cc1C(=O)Nc1ccc(S(=O)(=O)Nc2c(C)cccc2C)cc1. The van der Waals surface area contributed by atoms with Crippen molar-refractivity contribution in [1.29, 1.82) is 0 Å². The third-order valence-electron chi connectivity index (χ3n) is 4.87. The predicted molar refractivity (Wildman–Crippen MR) is 133 cm³/mol. The van der Waals surface area contributed by atoms with Crippen molar-refractivity contribution in [2.45, 2.75) is 18.7 Å². The number of carbonyl (C=O) groups excluding carboxylic acids is 1. The number of halogens is 1. The minimum Gasteiger partial charge on any atom is -0.490 e. The zero-order valence-electron chi connectivity index (χ0n) is 18.5. The van der Waals surface area contributed by atoms with Crippen LogP contribution in [0.15, 0.2) is 70.0 Å². The lowest BCUT2D eigenvalue weighted by Gasteiger charge is -2.14. The van der Waals surface area contributed by atoms with Crippen LogP contribution in [-0.2, 0) is 14.8 Å². The van der Waals surface area contributed by atoms with E-state index in [1.54, 1.807) is 37.4 Å². The van der Waals surface area contributed by atoms with E-state index >= 15 is 0 Å². The highest BCUT2D eigenvalue weighted by Gasteiger charge is 2.18. The van der Waals surface area contributed by atoms with Crippen LogP contribution in [0.4, 0.5) is 11.4 Å². The molecule has 2 N–H and O–H groups in total. The van der Waals surface area contributed by atoms with Crippen LogP contribution in [0.5, 0.6) is 5.75 Å². The van der Waals surface area contributed by atoms with Crippen molar-refractivity contribution >= 4 is 43.2 Å². The molecule has 0 saturated carbocycles. The number of methoxy groups -OCH3 is 1. The van der Waals surface area contributed by atoms with E-state index in [1.165, 1.54) is 12.1 Å². The summed E-state index contributed by atoms with van der Waals surface area (Å²) in [6, 6.07) is 16.7. The molecular formula is C24H25BrN2O5S. The number of para-hydroxylation sites is 1. The highest BCUT2D eigenvalue weighted by molar-refractivity contribution is 9.10. The number of rotatable bonds is 9. The number of sulfonamides is 1. The highest BCUT2D eigenvalue weighted by atomic mass is 79.9. The van der Waals surface area contributed by atoms with E-state index in [4.69, 9.17) is 9.47 Å². The lowest BCUT2D eigenvalue weighted by atomic mass is 10.1. The van der Waals surface area contributed by atoms with E-state index in [1.807, 2.05) is 32.0 Å². The Morgan fingerprint density at radius 3 is 2.27 bits per heavy atom. The summed E-state index contributed by atoms with van der Waals surface area (Å²) in [5, 5.41) is 2.78. The molecule has 0 atom stereocenters. The zero-order chi connectivity index (χ0) is 24.0. The first-order chi connectivity index (χ1) is 15.7. The Kier molecular flexibility index (Phi) is 8.12. The number of carbonyl (C=O) groups is 1. The van der Waals surface area contributed by atoms with E-state index < -0.39 is 10.0 Å². The zero-order valence-corrected chi connectivity index (χ0v) is 20.9. The van der Waals surface area contributed by atoms with Gasteiger partial charge in [-0.05, 0) is 67.4 Å². The molecule has 0 heterocycles. The van der Waals surface area contributed by atoms with Crippen molar-refractivity contribution in [3.05, 3.63) is 81.8 Å². The minimum absolute atomic E-state index is 0.0918. The second-order valence-corrected chi connectivity index (χ2v) is 9.93. The van der Waals surface area contributed by atoms with E-state index in [-0.39, 0.29) is 10.8 Å². The molecule has 174 valence electrons. The molecule has 0 aliphatic carbocycles. The van der Waals surface area contributed by atoms with Crippen molar-refractivity contribution in [3.8, 4) is 5.75 Å². The Morgan fingerprint density at radius 2 is 1.64 bits per heavy atom. The van der Waals surface area contributed by atoms with E-state index in [2.05, 4.69) is 26.0 Å². The van der Waals surface area contributed by atoms with Gasteiger partial charge in [0.05, 0.1) is 22.8 Å². The Balaban J connectivity index is 1.76. The summed E-state index contributed by atoms with van der Waals surface area (Å²) >= 11 is 3.37. The molecule has 0 radical (unpaired) electrons. The lowest BCUT2D eigenvalue weighted by molar-refractivity contribution is 0.101. The van der Waals surface area contributed by atoms with Crippen LogP contribution >= 0.6 is 15.9 Å². The summed E-state index contributed by atoms with van der Waals surface area (Å²) < 4.78 is 39.7. The van der Waals surface area contributed by atoms with Gasteiger partial charge in [0.2, 0.25) is 0 Å². The highest BCUT2D eigenvalue weighted by Crippen LogP contribution is 2.26. The van der Waals surface area contributed by atoms with Gasteiger partial charge in [-0.1, -0.05) is 34.1 Å². The maximum atomic E-state index is 12.8. The van der Waals surface area contributed by atoms with Crippen LogP contribution in [0.3, 0.4) is 0 Å². The number of amides is 1. The van der Waals surface area contributed by atoms with Gasteiger partial charge in [0.15, 0.2) is 0 Å². The average molecular weight is 533 g/mol. The number of nitrogens with one attached hydrogen (secondary N) is 2. The maximum Gasteiger partial charge on any atom is 0.261 e. The molecule has 7 nitrogen and oxygen atoms in total. The molecular weight excluding hydrogens is 508 g/mol. The largest absolute Gasteiger partial charge is 0.490 e. The number of hydrogen-bond donors (Lipinski definition) is 2. The molecule has 0 aliphatic heterocycles. The summed E-state index contributed by atoms with van der Waals surface area (Å²) in [5.74, 6) is 0.0396. The molecule has 0 spiro atoms. The van der Waals surface area contributed by atoms with Crippen LogP contribution in [0.2, 0.25) is 0 Å². The number of benzene rings is 3. The lowest BCUT2D eigenvalue weighted by Crippen LogP contribution is -2.16. The molecule has 0 fully saturated rings. The Hall–Kier alpha value is -2.88. The van der Waals surface area contributed by atoms with Crippen LogP contribution in [0, 0.1) is 13.8 Å². The van der Waals surface area contributed by atoms with E-state index in [0.29, 0.717) is 35.9 Å². The van der Waals surface area contributed by atoms with Crippen molar-refractivity contribution in [2.24, 2.45) is 0 Å². The van der Waals surface area contributed by atoms with Crippen LogP contribution in [0.1, 0.15) is 21.5 Å². The van der Waals surface area contributed by atoms with Gasteiger partial charge < -0.3 is 14.8 Å². The fraction of sp³-hybridized carbons (Fsp3) is 0.208. The van der Waals surface area contributed by atoms with Crippen molar-refractivity contribution in [1.82, 2.24) is 0 Å². The second kappa shape index (κ2) is 10.8. The van der Waals surface area contributed by atoms with E-state index in [0.717, 1.165) is 15.6 Å². The van der Waals surface area contributed by atoms with Gasteiger partial charge in [-0.2, -0.15) is 0 Å². The Labute approximate surface area is 202 Å². The first kappa shape index (κ1) is 24.8. The van der Waals surface area contributed by atoms with Gasteiger partial charge in [0.1, 0.15) is 12.4 Å². The average Bonchev–Trinajstić information content (AvgIpc) is 2.78. The number of hydrogen-bond acceptors (Lipinski definition) is 5. The standard InChI is InChI=1S/C24H25BrN2O5S/c1-16-5-4-6-17(2)23(16)27-33(29,30)20-10-8-19(9-11-20)26-24(28)21-15-18(25)7-12-22(21)32-14-13-31-3/h4-12,15,27H,13-14H2,1-3H3,(H,26,28). The van der Waals surface area contributed by atoms with Crippen LogP contribution < -0.4 is 14.8 Å². The molecule has 0 bridgehead atoms. The number of ether oxygens (including phenoxy) is 2. The Bertz CT molecular complexity index is 1220. The second-order valence-electron chi connectivity index (χ2n) is 7.33. The molecule has 33 heavy (non-hydrogen) atoms. The first-order valence-corrected chi connectivity index (χ1v) is 12.4. The van der Waals surface area contributed by atoms with Gasteiger partial charge in [0.25, 0.3) is 15.9 Å². The van der Waals surface area contributed by atoms with Gasteiger partial charge in [-0.25, -0.2) is 8.42 Å².